The molecule has 1 aliphatic heterocycles. The zero-order valence-electron chi connectivity index (χ0n) is 19.0. The Morgan fingerprint density at radius 3 is 2.59 bits per heavy atom. The van der Waals surface area contributed by atoms with Gasteiger partial charge >= 0.3 is 6.18 Å². The number of carbonyl (C=O) groups is 1. The fraction of sp³-hybridized carbons (Fsp3) is 0.360. The summed E-state index contributed by atoms with van der Waals surface area (Å²) in [5.41, 5.74) is 2.16. The molecule has 1 unspecified atom stereocenters. The minimum atomic E-state index is -4.49. The number of benzene rings is 1. The molecule has 1 aliphatic rings. The Bertz CT molecular complexity index is 1140. The predicted molar refractivity (Wildman–Crippen MR) is 123 cm³/mol. The number of aromatic nitrogens is 3. The monoisotopic (exact) mass is 469 g/mol. The van der Waals surface area contributed by atoms with Crippen molar-refractivity contribution in [3.8, 4) is 11.3 Å². The Morgan fingerprint density at radius 2 is 1.91 bits per heavy atom. The van der Waals surface area contributed by atoms with Gasteiger partial charge in [-0.3, -0.25) is 9.78 Å². The van der Waals surface area contributed by atoms with E-state index in [0.717, 1.165) is 42.1 Å². The molecule has 0 bridgehead atoms. The number of aryl methyl sites for hydroxylation is 1. The van der Waals surface area contributed by atoms with Crippen molar-refractivity contribution in [2.75, 3.05) is 18.4 Å². The van der Waals surface area contributed by atoms with Crippen molar-refractivity contribution in [1.82, 2.24) is 19.9 Å². The summed E-state index contributed by atoms with van der Waals surface area (Å²) in [6.07, 6.45) is 0.556. The van der Waals surface area contributed by atoms with Crippen LogP contribution < -0.4 is 5.32 Å². The Labute approximate surface area is 196 Å². The number of carbonyl (C=O) groups excluding carboxylic acids is 1. The smallest absolute Gasteiger partial charge is 0.352 e. The quantitative estimate of drug-likeness (QED) is 0.555. The van der Waals surface area contributed by atoms with E-state index in [-0.39, 0.29) is 23.8 Å². The maximum absolute atomic E-state index is 13.8. The molecule has 2 atom stereocenters. The molecule has 9 heteroatoms. The molecule has 1 fully saturated rings. The van der Waals surface area contributed by atoms with Crippen LogP contribution in [0.25, 0.3) is 11.3 Å². The third kappa shape index (κ3) is 5.18. The number of halogens is 3. The first-order chi connectivity index (χ1) is 16.2. The lowest BCUT2D eigenvalue weighted by Gasteiger charge is -2.40. The van der Waals surface area contributed by atoms with Crippen LogP contribution in [0.15, 0.2) is 55.0 Å². The molecule has 6 nitrogen and oxygen atoms in total. The molecule has 178 valence electrons. The van der Waals surface area contributed by atoms with E-state index in [9.17, 15) is 18.0 Å². The first-order valence-corrected chi connectivity index (χ1v) is 11.2. The second-order valence-electron chi connectivity index (χ2n) is 8.62. The molecule has 3 aromatic rings. The minimum absolute atomic E-state index is 0.0870. The van der Waals surface area contributed by atoms with Crippen LogP contribution >= 0.6 is 0 Å². The lowest BCUT2D eigenvalue weighted by Crippen LogP contribution is -2.51. The van der Waals surface area contributed by atoms with Crippen molar-refractivity contribution in [2.24, 2.45) is 5.92 Å². The number of nitrogens with zero attached hydrogens (tertiary/aromatic N) is 4. The van der Waals surface area contributed by atoms with Crippen LogP contribution in [0, 0.1) is 12.8 Å². The van der Waals surface area contributed by atoms with E-state index in [0.29, 0.717) is 18.7 Å². The summed E-state index contributed by atoms with van der Waals surface area (Å²) in [7, 11) is 0. The van der Waals surface area contributed by atoms with Crippen molar-refractivity contribution < 1.29 is 18.0 Å². The highest BCUT2D eigenvalue weighted by molar-refractivity contribution is 6.01. The Balaban J connectivity index is 1.57. The summed E-state index contributed by atoms with van der Waals surface area (Å²) < 4.78 is 38.4. The third-order valence-electron chi connectivity index (χ3n) is 6.17. The first kappa shape index (κ1) is 23.7. The SMILES string of the molecule is Cc1ccc(-c2ccccn2)c(C(=O)N2CCC[C@@H](C)C2CNc2ncc(C(F)(F)F)cn2)c1. The van der Waals surface area contributed by atoms with Gasteiger partial charge in [-0.2, -0.15) is 13.2 Å². The topological polar surface area (TPSA) is 71.0 Å². The van der Waals surface area contributed by atoms with Crippen molar-refractivity contribution >= 4 is 11.9 Å². The summed E-state index contributed by atoms with van der Waals surface area (Å²) >= 11 is 0. The molecule has 2 aromatic heterocycles. The van der Waals surface area contributed by atoms with E-state index in [1.165, 1.54) is 0 Å². The number of likely N-dealkylation sites (tertiary alicyclic amines) is 1. The number of rotatable bonds is 5. The van der Waals surface area contributed by atoms with Gasteiger partial charge in [-0.15, -0.1) is 0 Å². The lowest BCUT2D eigenvalue weighted by atomic mass is 9.89. The third-order valence-corrected chi connectivity index (χ3v) is 6.17. The Hall–Kier alpha value is -3.49. The van der Waals surface area contributed by atoms with Crippen LogP contribution in [-0.4, -0.2) is 44.9 Å². The number of amides is 1. The van der Waals surface area contributed by atoms with Crippen molar-refractivity contribution in [2.45, 2.75) is 38.9 Å². The van der Waals surface area contributed by atoms with Gasteiger partial charge in [0.15, 0.2) is 0 Å². The van der Waals surface area contributed by atoms with Gasteiger partial charge in [0.1, 0.15) is 0 Å². The lowest BCUT2D eigenvalue weighted by molar-refractivity contribution is -0.138. The summed E-state index contributed by atoms with van der Waals surface area (Å²) in [5.74, 6) is 0.210. The van der Waals surface area contributed by atoms with Crippen molar-refractivity contribution in [3.63, 3.8) is 0 Å². The van der Waals surface area contributed by atoms with Gasteiger partial charge in [0.25, 0.3) is 5.91 Å². The molecule has 1 N–H and O–H groups in total. The van der Waals surface area contributed by atoms with Gasteiger partial charge in [-0.1, -0.05) is 30.7 Å². The molecule has 1 aromatic carbocycles. The molecule has 0 radical (unpaired) electrons. The highest BCUT2D eigenvalue weighted by Crippen LogP contribution is 2.30. The number of pyridine rings is 1. The van der Waals surface area contributed by atoms with Gasteiger partial charge in [-0.05, 0) is 43.9 Å². The molecule has 0 saturated carbocycles. The molecule has 34 heavy (non-hydrogen) atoms. The van der Waals surface area contributed by atoms with Crippen molar-refractivity contribution in [3.05, 3.63) is 71.7 Å². The maximum Gasteiger partial charge on any atom is 0.419 e. The first-order valence-electron chi connectivity index (χ1n) is 11.2. The van der Waals surface area contributed by atoms with E-state index in [4.69, 9.17) is 0 Å². The van der Waals surface area contributed by atoms with Crippen LogP contribution in [-0.2, 0) is 6.18 Å². The average Bonchev–Trinajstić information content (AvgIpc) is 2.83. The number of hydrogen-bond donors (Lipinski definition) is 1. The summed E-state index contributed by atoms with van der Waals surface area (Å²) in [6.45, 7) is 4.95. The number of nitrogens with one attached hydrogen (secondary N) is 1. The highest BCUT2D eigenvalue weighted by Gasteiger charge is 2.34. The highest BCUT2D eigenvalue weighted by atomic mass is 19.4. The van der Waals surface area contributed by atoms with Gasteiger partial charge in [0, 0.05) is 42.8 Å². The van der Waals surface area contributed by atoms with E-state index in [2.05, 4.69) is 27.2 Å². The largest absolute Gasteiger partial charge is 0.419 e. The molecule has 4 rings (SSSR count). The van der Waals surface area contributed by atoms with Crippen LogP contribution in [0.4, 0.5) is 19.1 Å². The van der Waals surface area contributed by atoms with E-state index in [1.54, 1.807) is 6.20 Å². The molecule has 0 spiro atoms. The fourth-order valence-electron chi connectivity index (χ4n) is 4.31. The molecular weight excluding hydrogens is 443 g/mol. The van der Waals surface area contributed by atoms with E-state index in [1.807, 2.05) is 48.2 Å². The zero-order chi connectivity index (χ0) is 24.3. The number of piperidine rings is 1. The molecular formula is C25H26F3N5O. The maximum atomic E-state index is 13.8. The standard InChI is InChI=1S/C25H26F3N5O/c1-16-8-9-19(21-7-3-4-10-29-21)20(12-16)23(34)33-11-5-6-17(2)22(33)15-32-24-30-13-18(14-31-24)25(26,27)28/h3-4,7-10,12-14,17,22H,5-6,11,15H2,1-2H3,(H,30,31,32)/t17-,22?/m1/s1. The van der Waals surface area contributed by atoms with Gasteiger partial charge in [0.05, 0.1) is 17.3 Å². The normalized spacial score (nSPS) is 18.6. The second kappa shape index (κ2) is 9.79. The number of anilines is 1. The predicted octanol–water partition coefficient (Wildman–Crippen LogP) is 5.22. The summed E-state index contributed by atoms with van der Waals surface area (Å²) in [5, 5.41) is 3.02. The second-order valence-corrected chi connectivity index (χ2v) is 8.62. The van der Waals surface area contributed by atoms with Gasteiger partial charge in [-0.25, -0.2) is 9.97 Å². The molecule has 3 heterocycles. The van der Waals surface area contributed by atoms with Crippen LogP contribution in [0.5, 0.6) is 0 Å². The van der Waals surface area contributed by atoms with Crippen LogP contribution in [0.1, 0.15) is 41.3 Å². The van der Waals surface area contributed by atoms with Gasteiger partial charge < -0.3 is 10.2 Å². The minimum Gasteiger partial charge on any atom is -0.352 e. The summed E-state index contributed by atoms with van der Waals surface area (Å²) in [6, 6.07) is 11.2. The Kier molecular flexibility index (Phi) is 6.81. The average molecular weight is 470 g/mol. The van der Waals surface area contributed by atoms with Crippen LogP contribution in [0.3, 0.4) is 0 Å². The van der Waals surface area contributed by atoms with Crippen molar-refractivity contribution in [1.29, 1.82) is 0 Å². The Morgan fingerprint density at radius 1 is 1.15 bits per heavy atom. The van der Waals surface area contributed by atoms with Crippen LogP contribution in [0.2, 0.25) is 0 Å². The summed E-state index contributed by atoms with van der Waals surface area (Å²) in [4.78, 5) is 27.6. The zero-order valence-corrected chi connectivity index (χ0v) is 19.0. The fourth-order valence-corrected chi connectivity index (χ4v) is 4.31. The molecule has 1 saturated heterocycles. The molecule has 0 aliphatic carbocycles. The molecule has 1 amide bonds. The van der Waals surface area contributed by atoms with E-state index >= 15 is 0 Å². The number of hydrogen-bond acceptors (Lipinski definition) is 5. The number of alkyl halides is 3. The van der Waals surface area contributed by atoms with E-state index < -0.39 is 11.7 Å². The van der Waals surface area contributed by atoms with Gasteiger partial charge in [0.2, 0.25) is 5.95 Å².